The van der Waals surface area contributed by atoms with Crippen LogP contribution in [0.4, 0.5) is 17.6 Å². The monoisotopic (exact) mass is 308 g/mol. The van der Waals surface area contributed by atoms with Gasteiger partial charge >= 0.3 is 6.18 Å². The standard InChI is InChI=1S/C13H9ClF4S/c1-7-5-6-10(19-7)11(14)8-3-2-4-9(12(8)15)13(16,17)18/h2-6,11H,1H3. The van der Waals surface area contributed by atoms with E-state index in [4.69, 9.17) is 11.6 Å². The first-order valence-corrected chi connectivity index (χ1v) is 6.62. The second kappa shape index (κ2) is 5.13. The molecular weight excluding hydrogens is 300 g/mol. The van der Waals surface area contributed by atoms with Crippen molar-refractivity contribution in [2.24, 2.45) is 0 Å². The molecule has 1 atom stereocenters. The highest BCUT2D eigenvalue weighted by Crippen LogP contribution is 2.39. The smallest absolute Gasteiger partial charge is 0.206 e. The van der Waals surface area contributed by atoms with Crippen molar-refractivity contribution in [1.29, 1.82) is 0 Å². The number of thiophene rings is 1. The topological polar surface area (TPSA) is 0 Å². The zero-order chi connectivity index (χ0) is 14.2. The number of aryl methyl sites for hydroxylation is 1. The van der Waals surface area contributed by atoms with Crippen LogP contribution >= 0.6 is 22.9 Å². The van der Waals surface area contributed by atoms with Crippen molar-refractivity contribution >= 4 is 22.9 Å². The molecular formula is C13H9ClF4S. The van der Waals surface area contributed by atoms with Crippen LogP contribution in [-0.4, -0.2) is 0 Å². The maximum absolute atomic E-state index is 13.9. The number of hydrogen-bond acceptors (Lipinski definition) is 1. The Morgan fingerprint density at radius 3 is 2.37 bits per heavy atom. The minimum absolute atomic E-state index is 0.154. The first-order chi connectivity index (χ1) is 8.80. The van der Waals surface area contributed by atoms with Gasteiger partial charge in [-0.3, -0.25) is 0 Å². The minimum atomic E-state index is -4.72. The molecule has 0 fully saturated rings. The van der Waals surface area contributed by atoms with Crippen molar-refractivity contribution in [3.8, 4) is 0 Å². The Labute approximate surface area is 116 Å². The predicted molar refractivity (Wildman–Crippen MR) is 68.2 cm³/mol. The van der Waals surface area contributed by atoms with E-state index in [0.717, 1.165) is 10.9 Å². The summed E-state index contributed by atoms with van der Waals surface area (Å²) in [5.41, 5.74) is -1.44. The van der Waals surface area contributed by atoms with Gasteiger partial charge in [-0.15, -0.1) is 22.9 Å². The van der Waals surface area contributed by atoms with Crippen molar-refractivity contribution < 1.29 is 17.6 Å². The van der Waals surface area contributed by atoms with Gasteiger partial charge in [0.15, 0.2) is 0 Å². The molecule has 0 nitrogen and oxygen atoms in total. The lowest BCUT2D eigenvalue weighted by Crippen LogP contribution is -2.10. The third kappa shape index (κ3) is 2.92. The van der Waals surface area contributed by atoms with E-state index >= 15 is 0 Å². The van der Waals surface area contributed by atoms with Gasteiger partial charge in [-0.25, -0.2) is 4.39 Å². The molecule has 0 aliphatic carbocycles. The van der Waals surface area contributed by atoms with E-state index in [1.165, 1.54) is 17.4 Å². The Bertz CT molecular complexity index is 589. The summed E-state index contributed by atoms with van der Waals surface area (Å²) in [6, 6.07) is 6.63. The third-order valence-electron chi connectivity index (χ3n) is 2.62. The number of halogens is 5. The Morgan fingerprint density at radius 1 is 1.16 bits per heavy atom. The molecule has 6 heteroatoms. The van der Waals surface area contributed by atoms with Gasteiger partial charge in [0.2, 0.25) is 0 Å². The van der Waals surface area contributed by atoms with Crippen LogP contribution in [0, 0.1) is 12.7 Å². The molecule has 0 spiro atoms. The lowest BCUT2D eigenvalue weighted by molar-refractivity contribution is -0.140. The van der Waals surface area contributed by atoms with Gasteiger partial charge in [-0.05, 0) is 25.1 Å². The summed E-state index contributed by atoms with van der Waals surface area (Å²) in [6.45, 7) is 1.85. The molecule has 0 aliphatic rings. The molecule has 1 aromatic heterocycles. The average Bonchev–Trinajstić information content (AvgIpc) is 2.74. The van der Waals surface area contributed by atoms with Crippen LogP contribution in [0.5, 0.6) is 0 Å². The molecule has 1 unspecified atom stereocenters. The highest BCUT2D eigenvalue weighted by atomic mass is 35.5. The first-order valence-electron chi connectivity index (χ1n) is 5.36. The molecule has 0 amide bonds. The third-order valence-corrected chi connectivity index (χ3v) is 4.28. The van der Waals surface area contributed by atoms with Crippen molar-refractivity contribution in [3.63, 3.8) is 0 Å². The second-order valence-electron chi connectivity index (χ2n) is 4.02. The van der Waals surface area contributed by atoms with Gasteiger partial charge in [-0.2, -0.15) is 13.2 Å². The molecule has 0 radical (unpaired) electrons. The molecule has 0 saturated carbocycles. The van der Waals surface area contributed by atoms with Gasteiger partial charge in [0.25, 0.3) is 0 Å². The lowest BCUT2D eigenvalue weighted by Gasteiger charge is -2.14. The van der Waals surface area contributed by atoms with Crippen LogP contribution in [0.2, 0.25) is 0 Å². The molecule has 1 heterocycles. The van der Waals surface area contributed by atoms with Gasteiger partial charge in [0.1, 0.15) is 5.82 Å². The summed E-state index contributed by atoms with van der Waals surface area (Å²) in [6.07, 6.45) is -4.72. The zero-order valence-electron chi connectivity index (χ0n) is 9.76. The summed E-state index contributed by atoms with van der Waals surface area (Å²) >= 11 is 7.41. The molecule has 0 saturated heterocycles. The van der Waals surface area contributed by atoms with Gasteiger partial charge in [0.05, 0.1) is 10.9 Å². The maximum Gasteiger partial charge on any atom is 0.419 e. The summed E-state index contributed by atoms with van der Waals surface area (Å²) < 4.78 is 51.8. The summed E-state index contributed by atoms with van der Waals surface area (Å²) in [4.78, 5) is 1.59. The fourth-order valence-corrected chi connectivity index (χ4v) is 2.96. The van der Waals surface area contributed by atoms with E-state index in [9.17, 15) is 17.6 Å². The Balaban J connectivity index is 2.46. The Morgan fingerprint density at radius 2 is 1.84 bits per heavy atom. The second-order valence-corrected chi connectivity index (χ2v) is 5.77. The number of rotatable bonds is 2. The number of alkyl halides is 4. The van der Waals surface area contributed by atoms with Crippen LogP contribution in [0.3, 0.4) is 0 Å². The molecule has 0 bridgehead atoms. The molecule has 0 aliphatic heterocycles. The zero-order valence-corrected chi connectivity index (χ0v) is 11.3. The van der Waals surface area contributed by atoms with Crippen LogP contribution in [0.15, 0.2) is 30.3 Å². The quantitative estimate of drug-likeness (QED) is 0.504. The summed E-state index contributed by atoms with van der Waals surface area (Å²) in [7, 11) is 0. The minimum Gasteiger partial charge on any atom is -0.206 e. The lowest BCUT2D eigenvalue weighted by atomic mass is 10.1. The van der Waals surface area contributed by atoms with E-state index in [1.54, 1.807) is 12.1 Å². The van der Waals surface area contributed by atoms with E-state index < -0.39 is 22.9 Å². The van der Waals surface area contributed by atoms with Gasteiger partial charge in [0, 0.05) is 15.3 Å². The predicted octanol–water partition coefficient (Wildman–Crippen LogP) is 5.54. The van der Waals surface area contributed by atoms with Crippen molar-refractivity contribution in [2.75, 3.05) is 0 Å². The molecule has 2 aromatic rings. The molecule has 2 rings (SSSR count). The van der Waals surface area contributed by atoms with Crippen LogP contribution in [0.25, 0.3) is 0 Å². The average molecular weight is 309 g/mol. The molecule has 19 heavy (non-hydrogen) atoms. The molecule has 0 N–H and O–H groups in total. The fraction of sp³-hybridized carbons (Fsp3) is 0.231. The van der Waals surface area contributed by atoms with E-state index in [1.807, 2.05) is 6.92 Å². The van der Waals surface area contributed by atoms with E-state index in [2.05, 4.69) is 0 Å². The van der Waals surface area contributed by atoms with Crippen LogP contribution in [-0.2, 0) is 6.18 Å². The van der Waals surface area contributed by atoms with Crippen LogP contribution in [0.1, 0.15) is 26.3 Å². The number of hydrogen-bond donors (Lipinski definition) is 0. The van der Waals surface area contributed by atoms with Crippen molar-refractivity contribution in [2.45, 2.75) is 18.5 Å². The Kier molecular flexibility index (Phi) is 3.87. The molecule has 102 valence electrons. The van der Waals surface area contributed by atoms with Crippen molar-refractivity contribution in [1.82, 2.24) is 0 Å². The normalized spacial score (nSPS) is 13.6. The van der Waals surface area contributed by atoms with Gasteiger partial charge in [-0.1, -0.05) is 12.1 Å². The summed E-state index contributed by atoms with van der Waals surface area (Å²) in [5, 5.41) is -0.916. The summed E-state index contributed by atoms with van der Waals surface area (Å²) in [5.74, 6) is -1.30. The van der Waals surface area contributed by atoms with E-state index in [-0.39, 0.29) is 5.56 Å². The highest BCUT2D eigenvalue weighted by molar-refractivity contribution is 7.12. The SMILES string of the molecule is Cc1ccc(C(Cl)c2cccc(C(F)(F)F)c2F)s1. The number of benzene rings is 1. The van der Waals surface area contributed by atoms with E-state index in [0.29, 0.717) is 10.9 Å². The fourth-order valence-electron chi connectivity index (χ4n) is 1.71. The largest absolute Gasteiger partial charge is 0.419 e. The maximum atomic E-state index is 13.9. The van der Waals surface area contributed by atoms with Gasteiger partial charge < -0.3 is 0 Å². The molecule has 1 aromatic carbocycles. The highest BCUT2D eigenvalue weighted by Gasteiger charge is 2.35. The van der Waals surface area contributed by atoms with Crippen molar-refractivity contribution in [3.05, 3.63) is 57.0 Å². The first kappa shape index (κ1) is 14.3. The van der Waals surface area contributed by atoms with Crippen LogP contribution < -0.4 is 0 Å². The Hall–Kier alpha value is -1.07.